The quantitative estimate of drug-likeness (QED) is 0.154. The first-order chi connectivity index (χ1) is 41.8. The molecule has 1 aliphatic carbocycles. The first-order valence-electron chi connectivity index (χ1n) is 31.2. The fourth-order valence-corrected chi connectivity index (χ4v) is 16.4. The lowest BCUT2D eigenvalue weighted by Gasteiger charge is -2.46. The highest BCUT2D eigenvalue weighted by atomic mass is 32.1. The molecule has 0 unspecified atom stereocenters. The van der Waals surface area contributed by atoms with Crippen molar-refractivity contribution in [2.75, 3.05) is 9.80 Å². The van der Waals surface area contributed by atoms with E-state index in [1.165, 1.54) is 170 Å². The summed E-state index contributed by atoms with van der Waals surface area (Å²) in [7, 11) is 0. The summed E-state index contributed by atoms with van der Waals surface area (Å²) in [5.41, 5.74) is 33.0. The van der Waals surface area contributed by atoms with Gasteiger partial charge in [0.1, 0.15) is 0 Å². The average Bonchev–Trinajstić information content (AvgIpc) is 0.975. The Labute approximate surface area is 517 Å². The lowest BCUT2D eigenvalue weighted by molar-refractivity contribution is 0.590. The Hall–Kier alpha value is -8.90. The van der Waals surface area contributed by atoms with Crippen molar-refractivity contribution in [2.45, 2.75) is 106 Å². The van der Waals surface area contributed by atoms with Gasteiger partial charge in [-0.05, 0) is 217 Å². The van der Waals surface area contributed by atoms with Gasteiger partial charge in [0.05, 0.1) is 11.2 Å². The van der Waals surface area contributed by atoms with Crippen LogP contribution >= 0.6 is 11.3 Å². The molecule has 0 saturated heterocycles. The molecule has 0 N–H and O–H groups in total. The van der Waals surface area contributed by atoms with Gasteiger partial charge in [0.25, 0.3) is 6.71 Å². The average molecular weight is 1140 g/mol. The van der Waals surface area contributed by atoms with E-state index in [4.69, 9.17) is 0 Å². The van der Waals surface area contributed by atoms with Crippen LogP contribution in [0.2, 0.25) is 0 Å². The molecule has 0 bridgehead atoms. The maximum atomic E-state index is 2.70. The van der Waals surface area contributed by atoms with Gasteiger partial charge in [-0.3, -0.25) is 0 Å². The van der Waals surface area contributed by atoms with Crippen LogP contribution in [0.3, 0.4) is 0 Å². The van der Waals surface area contributed by atoms with Gasteiger partial charge in [-0.2, -0.15) is 0 Å². The van der Waals surface area contributed by atoms with Crippen molar-refractivity contribution in [1.82, 2.24) is 4.57 Å². The molecule has 16 rings (SSSR count). The SMILES string of the molecule is Cc1cccc(Cn2c3ccccc3c3cc4c(cc32)N(c2c(C)cc(-c3ccc5sc6ccccc6c5c3)cc2C)c2cc(C(C)(C)C)cc3c2B4c2ccc(C(C)(C)C)cc2N3c2ccc(-c3ccc4c(c3)C(C)(C)c3ccccc3-4)cc2)c1C. The van der Waals surface area contributed by atoms with Crippen LogP contribution < -0.4 is 26.2 Å². The molecule has 0 spiro atoms. The van der Waals surface area contributed by atoms with Crippen molar-refractivity contribution >= 4 is 111 Å². The van der Waals surface area contributed by atoms with Crippen molar-refractivity contribution in [3.63, 3.8) is 0 Å². The van der Waals surface area contributed by atoms with Gasteiger partial charge >= 0.3 is 0 Å². The second kappa shape index (κ2) is 19.1. The zero-order valence-electron chi connectivity index (χ0n) is 52.2. The number of anilines is 6. The predicted octanol–water partition coefficient (Wildman–Crippen LogP) is 20.8. The summed E-state index contributed by atoms with van der Waals surface area (Å²) in [4.78, 5) is 5.33. The minimum Gasteiger partial charge on any atom is -0.336 e. The van der Waals surface area contributed by atoms with Gasteiger partial charge < -0.3 is 14.4 Å². The van der Waals surface area contributed by atoms with Crippen molar-refractivity contribution in [3.8, 4) is 33.4 Å². The van der Waals surface area contributed by atoms with Gasteiger partial charge in [-0.25, -0.2) is 0 Å². The standard InChI is InChI=1S/C82H72BN3S/c1-48-20-19-21-55(51(48)4)47-84-70-26-17-14-23-62(70)64-45-69-73(46-71(64)84)86(79-49(2)38-56(39-50(79)3)53-31-37-77-65(40-53)63-24-15-18-27-76(63)87-77)75-44-58(81(8,9)10)43-74-78(75)83(69)68-36-32-57(80(5,6)7)42-72(68)85(74)59-33-28-52(29-34-59)54-30-35-61-60-22-13-16-25-66(60)82(11,12)67(61)41-54/h13-46H,47H2,1-12H3. The summed E-state index contributed by atoms with van der Waals surface area (Å²) >= 11 is 1.88. The van der Waals surface area contributed by atoms with E-state index in [1.54, 1.807) is 0 Å². The number of fused-ring (bicyclic) bond motifs is 13. The Morgan fingerprint density at radius 2 is 1.06 bits per heavy atom. The van der Waals surface area contributed by atoms with Gasteiger partial charge in [0.2, 0.25) is 0 Å². The molecule has 3 nitrogen and oxygen atoms in total. The smallest absolute Gasteiger partial charge is 0.252 e. The van der Waals surface area contributed by atoms with E-state index in [2.05, 4.69) is 304 Å². The van der Waals surface area contributed by atoms with E-state index >= 15 is 0 Å². The van der Waals surface area contributed by atoms with E-state index in [0.717, 1.165) is 12.2 Å². The number of para-hydroxylation sites is 1. The monoisotopic (exact) mass is 1140 g/mol. The summed E-state index contributed by atoms with van der Waals surface area (Å²) < 4.78 is 5.25. The topological polar surface area (TPSA) is 11.4 Å². The molecule has 11 aromatic carbocycles. The van der Waals surface area contributed by atoms with Crippen LogP contribution in [0.15, 0.2) is 206 Å². The molecule has 4 heterocycles. The molecule has 13 aromatic rings. The number of aryl methyl sites for hydroxylation is 3. The van der Waals surface area contributed by atoms with Crippen molar-refractivity contribution in [3.05, 3.63) is 256 Å². The van der Waals surface area contributed by atoms with Gasteiger partial charge in [0.15, 0.2) is 0 Å². The molecule has 0 radical (unpaired) electrons. The fraction of sp³-hybridized carbons (Fsp3) is 0.195. The summed E-state index contributed by atoms with van der Waals surface area (Å²) in [5, 5.41) is 5.22. The number of aromatic nitrogens is 1. The van der Waals surface area contributed by atoms with Crippen LogP contribution in [0.5, 0.6) is 0 Å². The van der Waals surface area contributed by atoms with E-state index < -0.39 is 0 Å². The van der Waals surface area contributed by atoms with Crippen molar-refractivity contribution in [2.24, 2.45) is 0 Å². The maximum absolute atomic E-state index is 2.70. The van der Waals surface area contributed by atoms with Gasteiger partial charge in [0, 0.05) is 76.9 Å². The van der Waals surface area contributed by atoms with Gasteiger partial charge in [-0.15, -0.1) is 11.3 Å². The Balaban J connectivity index is 0.947. The third-order valence-corrected chi connectivity index (χ3v) is 21.4. The predicted molar refractivity (Wildman–Crippen MR) is 377 cm³/mol. The highest BCUT2D eigenvalue weighted by molar-refractivity contribution is 7.25. The number of hydrogen-bond donors (Lipinski definition) is 0. The summed E-state index contributed by atoms with van der Waals surface area (Å²) in [6.07, 6.45) is 0. The van der Waals surface area contributed by atoms with Crippen LogP contribution in [0.25, 0.3) is 75.4 Å². The lowest BCUT2D eigenvalue weighted by atomic mass is 9.33. The molecule has 0 amide bonds. The molecule has 424 valence electrons. The van der Waals surface area contributed by atoms with Crippen molar-refractivity contribution in [1.29, 1.82) is 0 Å². The normalized spacial score (nSPS) is 14.0. The number of benzene rings is 11. The molecule has 2 aromatic heterocycles. The number of thiophene rings is 1. The Kier molecular flexibility index (Phi) is 11.7. The van der Waals surface area contributed by atoms with Crippen LogP contribution in [-0.4, -0.2) is 11.3 Å². The molecule has 0 atom stereocenters. The second-order valence-electron chi connectivity index (χ2n) is 27.9. The molecule has 0 saturated carbocycles. The van der Waals surface area contributed by atoms with Crippen LogP contribution in [0.4, 0.5) is 34.1 Å². The number of rotatable bonds is 6. The highest BCUT2D eigenvalue weighted by Crippen LogP contribution is 2.52. The van der Waals surface area contributed by atoms with Crippen LogP contribution in [-0.2, 0) is 22.8 Å². The molecule has 87 heavy (non-hydrogen) atoms. The summed E-state index contributed by atoms with van der Waals surface area (Å²) in [5.74, 6) is 0. The highest BCUT2D eigenvalue weighted by Gasteiger charge is 2.46. The number of hydrogen-bond acceptors (Lipinski definition) is 3. The molecular formula is C82H72BN3S. The van der Waals surface area contributed by atoms with Crippen molar-refractivity contribution < 1.29 is 0 Å². The van der Waals surface area contributed by atoms with E-state index in [1.807, 2.05) is 11.3 Å². The summed E-state index contributed by atoms with van der Waals surface area (Å²) in [6.45, 7) is 28.9. The molecular weight excluding hydrogens is 1070 g/mol. The Morgan fingerprint density at radius 3 is 1.83 bits per heavy atom. The van der Waals surface area contributed by atoms with E-state index in [9.17, 15) is 0 Å². The summed E-state index contributed by atoms with van der Waals surface area (Å²) in [6, 6.07) is 80.1. The molecule has 2 aliphatic heterocycles. The van der Waals surface area contributed by atoms with E-state index in [0.29, 0.717) is 0 Å². The first kappa shape index (κ1) is 53.6. The third-order valence-electron chi connectivity index (χ3n) is 20.2. The fourth-order valence-electron chi connectivity index (χ4n) is 15.3. The zero-order valence-corrected chi connectivity index (χ0v) is 53.0. The van der Waals surface area contributed by atoms with E-state index in [-0.39, 0.29) is 23.0 Å². The molecule has 0 fully saturated rings. The largest absolute Gasteiger partial charge is 0.336 e. The Bertz CT molecular complexity index is 5050. The minimum atomic E-state index is -0.183. The Morgan fingerprint density at radius 1 is 0.425 bits per heavy atom. The molecule has 5 heteroatoms. The minimum absolute atomic E-state index is 0.0636. The number of nitrogens with zero attached hydrogens (tertiary/aromatic N) is 3. The first-order valence-corrected chi connectivity index (χ1v) is 32.0. The second-order valence-corrected chi connectivity index (χ2v) is 29.0. The van der Waals surface area contributed by atoms with Crippen LogP contribution in [0, 0.1) is 27.7 Å². The third kappa shape index (κ3) is 8.14. The van der Waals surface area contributed by atoms with Crippen LogP contribution in [0.1, 0.15) is 105 Å². The van der Waals surface area contributed by atoms with Gasteiger partial charge in [-0.1, -0.05) is 183 Å². The lowest BCUT2D eigenvalue weighted by Crippen LogP contribution is -2.61. The zero-order chi connectivity index (χ0) is 59.7. The maximum Gasteiger partial charge on any atom is 0.252 e. The molecule has 3 aliphatic rings.